The summed E-state index contributed by atoms with van der Waals surface area (Å²) in [6.07, 6.45) is 5.63. The summed E-state index contributed by atoms with van der Waals surface area (Å²) in [6, 6.07) is 11.4. The minimum absolute atomic E-state index is 0.101. The maximum Gasteiger partial charge on any atom is 0.407 e. The van der Waals surface area contributed by atoms with Crippen molar-refractivity contribution in [2.45, 2.75) is 51.2 Å². The molecule has 2 aromatic rings. The minimum Gasteiger partial charge on any atom is -0.445 e. The number of rotatable bonds is 7. The number of benzene rings is 2. The van der Waals surface area contributed by atoms with Gasteiger partial charge in [0.1, 0.15) is 6.61 Å². The number of nitrogens with one attached hydrogen (secondary N) is 1. The molecule has 0 radical (unpaired) electrons. The molecule has 1 saturated carbocycles. The van der Waals surface area contributed by atoms with E-state index in [4.69, 9.17) is 4.74 Å². The van der Waals surface area contributed by atoms with E-state index in [1.165, 1.54) is 0 Å². The Morgan fingerprint density at radius 3 is 2.39 bits per heavy atom. The number of ether oxygens (including phenoxy) is 1. The van der Waals surface area contributed by atoms with Crippen molar-refractivity contribution in [3.63, 3.8) is 0 Å². The standard InChI is InChI=1S/C28H34F2N4O4/c29-23-15-26(34(36)37)24(30)14-25(23)33-10-6-20(7-11-33)18-32-12-8-28(9-13-32)16-22(17-28)31-27(35)38-19-21-4-2-1-3-5-21/h1-5,14-15,20,22H,6-13,16-19H2,(H,31,35). The summed E-state index contributed by atoms with van der Waals surface area (Å²) in [6.45, 7) is 4.54. The molecule has 0 unspecified atom stereocenters. The smallest absolute Gasteiger partial charge is 0.407 e. The van der Waals surface area contributed by atoms with E-state index in [0.717, 1.165) is 69.8 Å². The monoisotopic (exact) mass is 528 g/mol. The third-order valence-corrected chi connectivity index (χ3v) is 8.49. The Labute approximate surface area is 221 Å². The SMILES string of the molecule is O=C(NC1CC2(CCN(CC3CCN(c4cc(F)c([N+](=O)[O-])cc4F)CC3)CC2)C1)OCc1ccccc1. The molecule has 0 atom stereocenters. The molecule has 0 aromatic heterocycles. The Hall–Kier alpha value is -3.27. The number of anilines is 1. The number of carbonyl (C=O) groups is 1. The number of likely N-dealkylation sites (tertiary alicyclic amines) is 1. The molecule has 2 aromatic carbocycles. The number of piperidine rings is 2. The van der Waals surface area contributed by atoms with E-state index >= 15 is 0 Å². The number of nitrogens with zero attached hydrogens (tertiary/aromatic N) is 3. The van der Waals surface area contributed by atoms with E-state index in [0.29, 0.717) is 30.5 Å². The molecule has 1 N–H and O–H groups in total. The number of carbonyl (C=O) groups excluding carboxylic acids is 1. The van der Waals surface area contributed by atoms with Crippen LogP contribution in [0.4, 0.5) is 25.0 Å². The zero-order chi connectivity index (χ0) is 26.7. The second-order valence-corrected chi connectivity index (χ2v) is 11.1. The Balaban J connectivity index is 1.01. The highest BCUT2D eigenvalue weighted by Crippen LogP contribution is 2.49. The fourth-order valence-electron chi connectivity index (χ4n) is 6.27. The second-order valence-electron chi connectivity index (χ2n) is 11.1. The van der Waals surface area contributed by atoms with Gasteiger partial charge >= 0.3 is 11.8 Å². The van der Waals surface area contributed by atoms with Gasteiger partial charge in [0.05, 0.1) is 16.7 Å². The number of alkyl carbamates (subject to hydrolysis) is 1. The fourth-order valence-corrected chi connectivity index (χ4v) is 6.27. The molecule has 1 spiro atoms. The Morgan fingerprint density at radius 2 is 1.74 bits per heavy atom. The number of amides is 1. The van der Waals surface area contributed by atoms with Crippen LogP contribution in [0, 0.1) is 33.1 Å². The zero-order valence-electron chi connectivity index (χ0n) is 21.4. The lowest BCUT2D eigenvalue weighted by Crippen LogP contribution is -2.55. The fraction of sp³-hybridized carbons (Fsp3) is 0.536. The van der Waals surface area contributed by atoms with Crippen LogP contribution in [0.1, 0.15) is 44.1 Å². The first-order valence-electron chi connectivity index (χ1n) is 13.4. The molecule has 2 aliphatic heterocycles. The average molecular weight is 529 g/mol. The van der Waals surface area contributed by atoms with Crippen molar-refractivity contribution in [3.8, 4) is 0 Å². The van der Waals surface area contributed by atoms with E-state index in [9.17, 15) is 23.7 Å². The average Bonchev–Trinajstić information content (AvgIpc) is 2.90. The van der Waals surface area contributed by atoms with Crippen molar-refractivity contribution in [2.75, 3.05) is 37.6 Å². The topological polar surface area (TPSA) is 88.0 Å². The summed E-state index contributed by atoms with van der Waals surface area (Å²) in [7, 11) is 0. The van der Waals surface area contributed by atoms with E-state index < -0.39 is 22.2 Å². The number of nitro groups is 1. The van der Waals surface area contributed by atoms with Gasteiger partial charge in [0.15, 0.2) is 5.82 Å². The molecular weight excluding hydrogens is 494 g/mol. The first-order chi connectivity index (χ1) is 18.3. The third-order valence-electron chi connectivity index (χ3n) is 8.49. The van der Waals surface area contributed by atoms with Crippen molar-refractivity contribution in [1.82, 2.24) is 10.2 Å². The predicted molar refractivity (Wildman–Crippen MR) is 139 cm³/mol. The molecule has 3 fully saturated rings. The maximum atomic E-state index is 14.4. The summed E-state index contributed by atoms with van der Waals surface area (Å²) in [5.41, 5.74) is 0.552. The molecule has 0 bridgehead atoms. The van der Waals surface area contributed by atoms with Crippen LogP contribution >= 0.6 is 0 Å². The molecule has 38 heavy (non-hydrogen) atoms. The van der Waals surface area contributed by atoms with Gasteiger partial charge in [-0.05, 0) is 68.5 Å². The largest absolute Gasteiger partial charge is 0.445 e. The van der Waals surface area contributed by atoms with Gasteiger partial charge < -0.3 is 19.9 Å². The molecule has 204 valence electrons. The van der Waals surface area contributed by atoms with Gasteiger partial charge in [-0.15, -0.1) is 0 Å². The molecule has 8 nitrogen and oxygen atoms in total. The first-order valence-corrected chi connectivity index (χ1v) is 13.4. The van der Waals surface area contributed by atoms with Gasteiger partial charge in [0.2, 0.25) is 5.82 Å². The maximum absolute atomic E-state index is 14.4. The van der Waals surface area contributed by atoms with E-state index in [1.807, 2.05) is 30.3 Å². The van der Waals surface area contributed by atoms with Gasteiger partial charge in [-0.2, -0.15) is 4.39 Å². The van der Waals surface area contributed by atoms with Crippen molar-refractivity contribution in [2.24, 2.45) is 11.3 Å². The highest BCUT2D eigenvalue weighted by molar-refractivity contribution is 5.67. The number of halogens is 2. The summed E-state index contributed by atoms with van der Waals surface area (Å²) < 4.78 is 33.8. The van der Waals surface area contributed by atoms with Gasteiger partial charge in [-0.1, -0.05) is 30.3 Å². The molecule has 1 aliphatic carbocycles. The Morgan fingerprint density at radius 1 is 1.05 bits per heavy atom. The Kier molecular flexibility index (Phi) is 7.78. The molecular formula is C28H34F2N4O4. The van der Waals surface area contributed by atoms with Crippen LogP contribution in [0.5, 0.6) is 0 Å². The second kappa shape index (κ2) is 11.2. The molecule has 2 saturated heterocycles. The van der Waals surface area contributed by atoms with Gasteiger partial charge in [-0.3, -0.25) is 10.1 Å². The summed E-state index contributed by atoms with van der Waals surface area (Å²) in [5.74, 6) is -1.27. The Bertz CT molecular complexity index is 1140. The molecule has 1 amide bonds. The van der Waals surface area contributed by atoms with Crippen LogP contribution in [0.25, 0.3) is 0 Å². The molecule has 2 heterocycles. The lowest BCUT2D eigenvalue weighted by Gasteiger charge is -2.52. The van der Waals surface area contributed by atoms with Crippen LogP contribution < -0.4 is 10.2 Å². The first kappa shape index (κ1) is 26.3. The number of hydrogen-bond donors (Lipinski definition) is 1. The van der Waals surface area contributed by atoms with Gasteiger partial charge in [0, 0.05) is 31.7 Å². The van der Waals surface area contributed by atoms with Crippen molar-refractivity contribution in [3.05, 3.63) is 69.8 Å². The highest BCUT2D eigenvalue weighted by Gasteiger charge is 2.46. The lowest BCUT2D eigenvalue weighted by atomic mass is 9.60. The van der Waals surface area contributed by atoms with Crippen molar-refractivity contribution < 1.29 is 23.2 Å². The normalized spacial score (nSPS) is 20.2. The number of hydrogen-bond acceptors (Lipinski definition) is 6. The minimum atomic E-state index is -1.01. The summed E-state index contributed by atoms with van der Waals surface area (Å²) in [4.78, 5) is 26.4. The summed E-state index contributed by atoms with van der Waals surface area (Å²) in [5, 5.41) is 13.8. The highest BCUT2D eigenvalue weighted by atomic mass is 19.1. The van der Waals surface area contributed by atoms with Crippen LogP contribution in [-0.2, 0) is 11.3 Å². The van der Waals surface area contributed by atoms with Crippen LogP contribution in [0.15, 0.2) is 42.5 Å². The predicted octanol–water partition coefficient (Wildman–Crippen LogP) is 5.26. The third kappa shape index (κ3) is 6.06. The molecule has 5 rings (SSSR count). The van der Waals surface area contributed by atoms with Crippen LogP contribution in [0.3, 0.4) is 0 Å². The van der Waals surface area contributed by atoms with Crippen LogP contribution in [-0.4, -0.2) is 54.7 Å². The van der Waals surface area contributed by atoms with Crippen molar-refractivity contribution in [1.29, 1.82) is 0 Å². The van der Waals surface area contributed by atoms with Crippen LogP contribution in [0.2, 0.25) is 0 Å². The number of nitro benzene ring substituents is 1. The molecule has 3 aliphatic rings. The van der Waals surface area contributed by atoms with Gasteiger partial charge in [0.25, 0.3) is 0 Å². The lowest BCUT2D eigenvalue weighted by molar-refractivity contribution is -0.387. The zero-order valence-corrected chi connectivity index (χ0v) is 21.4. The summed E-state index contributed by atoms with van der Waals surface area (Å²) >= 11 is 0. The van der Waals surface area contributed by atoms with E-state index in [2.05, 4.69) is 10.2 Å². The van der Waals surface area contributed by atoms with E-state index in [1.54, 1.807) is 4.90 Å². The van der Waals surface area contributed by atoms with E-state index in [-0.39, 0.29) is 24.4 Å². The van der Waals surface area contributed by atoms with Gasteiger partial charge in [-0.25, -0.2) is 9.18 Å². The quantitative estimate of drug-likeness (QED) is 0.390. The van der Waals surface area contributed by atoms with Crippen molar-refractivity contribution >= 4 is 17.5 Å². The molecule has 10 heteroatoms.